The molecule has 35 heavy (non-hydrogen) atoms. The van der Waals surface area contributed by atoms with Crippen LogP contribution in [0.2, 0.25) is 5.15 Å². The standard InChI is InChI=1S/C23H29ClN6O3.C2H6/c1-22(31)13-28(10-11-32-14-22)20-19-16(12-18(24)30-17(19)4-7-25-30)26-21(27-20)33-15-23-5-2-8-29(23)9-3-6-23;1-2/h4,7,12,31H,2-3,5-6,8-11,13-15H2,1H3;1-2H3. The third kappa shape index (κ3) is 4.55. The molecule has 190 valence electrons. The first-order chi connectivity index (χ1) is 16.9. The first-order valence-electron chi connectivity index (χ1n) is 12.7. The van der Waals surface area contributed by atoms with Crippen LogP contribution in [0.4, 0.5) is 5.82 Å². The lowest BCUT2D eigenvalue weighted by atomic mass is 9.95. The zero-order valence-corrected chi connectivity index (χ0v) is 21.6. The molecule has 1 unspecified atom stereocenters. The lowest BCUT2D eigenvalue weighted by Gasteiger charge is -2.32. The Hall–Kier alpha value is -2.20. The number of rotatable bonds is 4. The van der Waals surface area contributed by atoms with E-state index in [1.165, 1.54) is 12.8 Å². The normalized spacial score (nSPS) is 24.3. The Bertz CT molecular complexity index is 1190. The maximum absolute atomic E-state index is 10.8. The van der Waals surface area contributed by atoms with Crippen molar-refractivity contribution in [2.24, 2.45) is 0 Å². The second kappa shape index (κ2) is 9.69. The van der Waals surface area contributed by atoms with Gasteiger partial charge in [0.2, 0.25) is 0 Å². The SMILES string of the molecule is CC.CC1(O)COCCN(c2nc(OCC34CCCN3CCC4)nc3cc(Cl)n4nccc4c23)C1. The zero-order valence-electron chi connectivity index (χ0n) is 20.8. The maximum Gasteiger partial charge on any atom is 0.319 e. The summed E-state index contributed by atoms with van der Waals surface area (Å²) in [4.78, 5) is 14.3. The Morgan fingerprint density at radius 3 is 2.71 bits per heavy atom. The Balaban J connectivity index is 0.00000124. The molecule has 3 aliphatic heterocycles. The van der Waals surface area contributed by atoms with Crippen molar-refractivity contribution in [3.05, 3.63) is 23.5 Å². The number of hydrogen-bond acceptors (Lipinski definition) is 8. The summed E-state index contributed by atoms with van der Waals surface area (Å²) in [6.45, 7) is 10.4. The second-order valence-electron chi connectivity index (χ2n) is 9.86. The molecule has 3 aromatic rings. The molecule has 3 aromatic heterocycles. The van der Waals surface area contributed by atoms with Crippen LogP contribution in [0.25, 0.3) is 16.4 Å². The summed E-state index contributed by atoms with van der Waals surface area (Å²) in [5, 5.41) is 16.5. The van der Waals surface area contributed by atoms with Crippen molar-refractivity contribution < 1.29 is 14.6 Å². The molecule has 6 heterocycles. The lowest BCUT2D eigenvalue weighted by molar-refractivity contribution is -0.0123. The fourth-order valence-corrected chi connectivity index (χ4v) is 6.01. The van der Waals surface area contributed by atoms with Crippen molar-refractivity contribution in [2.45, 2.75) is 57.6 Å². The van der Waals surface area contributed by atoms with E-state index in [2.05, 4.69) is 14.9 Å². The highest BCUT2D eigenvalue weighted by Gasteiger charge is 2.45. The molecule has 3 aliphatic rings. The second-order valence-corrected chi connectivity index (χ2v) is 10.3. The van der Waals surface area contributed by atoms with Crippen molar-refractivity contribution in [1.82, 2.24) is 24.5 Å². The van der Waals surface area contributed by atoms with Crippen LogP contribution in [0.3, 0.4) is 0 Å². The van der Waals surface area contributed by atoms with Gasteiger partial charge in [0.15, 0.2) is 0 Å². The molecule has 0 amide bonds. The molecule has 1 atom stereocenters. The van der Waals surface area contributed by atoms with Gasteiger partial charge in [-0.25, -0.2) is 4.52 Å². The van der Waals surface area contributed by atoms with E-state index in [9.17, 15) is 5.11 Å². The molecule has 1 N–H and O–H groups in total. The van der Waals surface area contributed by atoms with Gasteiger partial charge in [-0.1, -0.05) is 25.4 Å². The molecular weight excluding hydrogens is 468 g/mol. The molecular formula is C25H35ClN6O3. The van der Waals surface area contributed by atoms with E-state index in [0.29, 0.717) is 48.8 Å². The molecule has 10 heteroatoms. The van der Waals surface area contributed by atoms with E-state index in [0.717, 1.165) is 36.8 Å². The van der Waals surface area contributed by atoms with Crippen LogP contribution in [0.5, 0.6) is 6.01 Å². The van der Waals surface area contributed by atoms with Crippen LogP contribution < -0.4 is 9.64 Å². The Morgan fingerprint density at radius 1 is 1.17 bits per heavy atom. The van der Waals surface area contributed by atoms with E-state index in [1.54, 1.807) is 23.7 Å². The minimum Gasteiger partial charge on any atom is -0.461 e. The molecule has 0 aliphatic carbocycles. The number of halogens is 1. The summed E-state index contributed by atoms with van der Waals surface area (Å²) in [6, 6.07) is 4.05. The molecule has 0 spiro atoms. The number of nitrogens with zero attached hydrogens (tertiary/aromatic N) is 6. The van der Waals surface area contributed by atoms with Gasteiger partial charge in [0.25, 0.3) is 0 Å². The van der Waals surface area contributed by atoms with Gasteiger partial charge in [-0.2, -0.15) is 15.1 Å². The molecule has 0 radical (unpaired) electrons. The van der Waals surface area contributed by atoms with Gasteiger partial charge in [0, 0.05) is 12.6 Å². The number of pyridine rings is 1. The number of ether oxygens (including phenoxy) is 2. The van der Waals surface area contributed by atoms with Gasteiger partial charge >= 0.3 is 6.01 Å². The maximum atomic E-state index is 10.8. The smallest absolute Gasteiger partial charge is 0.319 e. The molecule has 9 nitrogen and oxygen atoms in total. The van der Waals surface area contributed by atoms with Crippen LogP contribution in [0.1, 0.15) is 46.5 Å². The van der Waals surface area contributed by atoms with Crippen molar-refractivity contribution in [3.8, 4) is 6.01 Å². The van der Waals surface area contributed by atoms with Crippen LogP contribution in [-0.2, 0) is 4.74 Å². The minimum absolute atomic E-state index is 0.103. The summed E-state index contributed by atoms with van der Waals surface area (Å²) in [5.41, 5.74) is 0.626. The highest BCUT2D eigenvalue weighted by molar-refractivity contribution is 6.30. The Labute approximate surface area is 211 Å². The van der Waals surface area contributed by atoms with Gasteiger partial charge in [0.05, 0.1) is 47.9 Å². The highest BCUT2D eigenvalue weighted by Crippen LogP contribution is 2.39. The largest absolute Gasteiger partial charge is 0.461 e. The quantitative estimate of drug-likeness (QED) is 0.542. The van der Waals surface area contributed by atoms with Crippen LogP contribution in [0.15, 0.2) is 18.3 Å². The molecule has 3 fully saturated rings. The zero-order chi connectivity index (χ0) is 24.6. The number of β-amino-alcohol motifs (C(OH)–C–C–N with tert-alkyl or cyclic N) is 1. The van der Waals surface area contributed by atoms with E-state index in [-0.39, 0.29) is 12.1 Å². The number of anilines is 1. The summed E-state index contributed by atoms with van der Waals surface area (Å²) < 4.78 is 13.6. The Morgan fingerprint density at radius 2 is 1.94 bits per heavy atom. The van der Waals surface area contributed by atoms with Gasteiger partial charge in [-0.3, -0.25) is 4.90 Å². The fourth-order valence-electron chi connectivity index (χ4n) is 5.77. The number of fused-ring (bicyclic) bond motifs is 4. The molecule has 0 aromatic carbocycles. The van der Waals surface area contributed by atoms with Crippen LogP contribution >= 0.6 is 11.6 Å². The van der Waals surface area contributed by atoms with Gasteiger partial charge in [0.1, 0.15) is 23.2 Å². The van der Waals surface area contributed by atoms with Crippen molar-refractivity contribution >= 4 is 33.8 Å². The summed E-state index contributed by atoms with van der Waals surface area (Å²) >= 11 is 6.51. The molecule has 3 saturated heterocycles. The van der Waals surface area contributed by atoms with E-state index < -0.39 is 5.60 Å². The van der Waals surface area contributed by atoms with E-state index in [1.807, 2.05) is 19.9 Å². The topological polar surface area (TPSA) is 88.3 Å². The third-order valence-electron chi connectivity index (χ3n) is 7.29. The summed E-state index contributed by atoms with van der Waals surface area (Å²) in [5.74, 6) is 0.704. The monoisotopic (exact) mass is 502 g/mol. The van der Waals surface area contributed by atoms with Crippen molar-refractivity contribution in [2.75, 3.05) is 50.9 Å². The fraction of sp³-hybridized carbons (Fsp3) is 0.640. The third-order valence-corrected chi connectivity index (χ3v) is 7.55. The number of aromatic nitrogens is 4. The average Bonchev–Trinajstić information content (AvgIpc) is 3.54. The van der Waals surface area contributed by atoms with Gasteiger partial charge in [-0.15, -0.1) is 0 Å². The highest BCUT2D eigenvalue weighted by atomic mass is 35.5. The van der Waals surface area contributed by atoms with Gasteiger partial charge < -0.3 is 19.5 Å². The predicted molar refractivity (Wildman–Crippen MR) is 137 cm³/mol. The predicted octanol–water partition coefficient (Wildman–Crippen LogP) is 3.55. The molecule has 0 saturated carbocycles. The number of aliphatic hydroxyl groups is 1. The summed E-state index contributed by atoms with van der Waals surface area (Å²) in [6.07, 6.45) is 6.45. The average molecular weight is 503 g/mol. The van der Waals surface area contributed by atoms with Gasteiger partial charge in [-0.05, 0) is 51.8 Å². The number of hydrogen-bond donors (Lipinski definition) is 1. The van der Waals surface area contributed by atoms with Crippen molar-refractivity contribution in [1.29, 1.82) is 0 Å². The minimum atomic E-state index is -0.995. The molecule has 0 bridgehead atoms. The van der Waals surface area contributed by atoms with E-state index in [4.69, 9.17) is 31.0 Å². The van der Waals surface area contributed by atoms with Crippen LogP contribution in [-0.4, -0.2) is 86.7 Å². The molecule has 6 rings (SSSR count). The summed E-state index contributed by atoms with van der Waals surface area (Å²) in [7, 11) is 0. The first kappa shape index (κ1) is 24.5. The first-order valence-corrected chi connectivity index (χ1v) is 13.1. The lowest BCUT2D eigenvalue weighted by Crippen LogP contribution is -2.44. The van der Waals surface area contributed by atoms with Crippen molar-refractivity contribution in [3.63, 3.8) is 0 Å². The Kier molecular flexibility index (Phi) is 6.78. The van der Waals surface area contributed by atoms with Crippen LogP contribution in [0, 0.1) is 0 Å². The van der Waals surface area contributed by atoms with E-state index >= 15 is 0 Å².